The summed E-state index contributed by atoms with van der Waals surface area (Å²) in [5, 5.41) is 16.8. The predicted molar refractivity (Wildman–Crippen MR) is 55.0 cm³/mol. The van der Waals surface area contributed by atoms with Crippen LogP contribution in [0.1, 0.15) is 25.7 Å². The van der Waals surface area contributed by atoms with Crippen LogP contribution in [0, 0.1) is 0 Å². The summed E-state index contributed by atoms with van der Waals surface area (Å²) in [4.78, 5) is 10.1. The maximum absolute atomic E-state index is 11.2. The number of rotatable bonds is 9. The van der Waals surface area contributed by atoms with Gasteiger partial charge in [0.05, 0.1) is 5.75 Å². The predicted octanol–water partition coefficient (Wildman–Crippen LogP) is -0.457. The zero-order chi connectivity index (χ0) is 11.7. The zero-order valence-corrected chi connectivity index (χ0v) is 9.29. The van der Waals surface area contributed by atoms with Gasteiger partial charge >= 0.3 is 5.97 Å². The lowest BCUT2D eigenvalue weighted by molar-refractivity contribution is -0.137. The largest absolute Gasteiger partial charge is 0.481 e. The molecule has 0 aliphatic rings. The lowest BCUT2D eigenvalue weighted by atomic mass is 10.3. The minimum absolute atomic E-state index is 0.0424. The fourth-order valence-corrected chi connectivity index (χ4v) is 2.07. The number of carboxylic acid groups (broad SMARTS) is 1. The Morgan fingerprint density at radius 1 is 1.20 bits per heavy atom. The summed E-state index contributed by atoms with van der Waals surface area (Å²) < 4.78 is 24.8. The molecular weight excluding hydrogens is 222 g/mol. The quantitative estimate of drug-likeness (QED) is 0.472. The number of hydrogen-bond acceptors (Lipinski definition) is 4. The van der Waals surface area contributed by atoms with E-state index in [1.54, 1.807) is 0 Å². The highest BCUT2D eigenvalue weighted by Gasteiger charge is 2.09. The lowest BCUT2D eigenvalue weighted by Crippen LogP contribution is -2.27. The molecule has 0 aromatic rings. The molecule has 15 heavy (non-hydrogen) atoms. The monoisotopic (exact) mass is 239 g/mol. The molecule has 0 radical (unpaired) electrons. The van der Waals surface area contributed by atoms with Crippen molar-refractivity contribution in [2.45, 2.75) is 25.7 Å². The van der Waals surface area contributed by atoms with Gasteiger partial charge in [-0.1, -0.05) is 0 Å². The van der Waals surface area contributed by atoms with E-state index in [9.17, 15) is 13.2 Å². The van der Waals surface area contributed by atoms with E-state index < -0.39 is 16.0 Å². The minimum atomic E-state index is -3.35. The van der Waals surface area contributed by atoms with E-state index in [1.807, 2.05) is 0 Å². The molecule has 0 saturated heterocycles. The summed E-state index contributed by atoms with van der Waals surface area (Å²) in [5.41, 5.74) is 0. The second-order valence-corrected chi connectivity index (χ2v) is 5.07. The van der Waals surface area contributed by atoms with Crippen LogP contribution in [0.4, 0.5) is 0 Å². The molecule has 90 valence electrons. The molecule has 0 saturated carbocycles. The number of unbranched alkanes of at least 4 members (excludes halogenated alkanes) is 1. The smallest absolute Gasteiger partial charge is 0.303 e. The van der Waals surface area contributed by atoms with E-state index in [2.05, 4.69) is 4.72 Å². The first-order valence-electron chi connectivity index (χ1n) is 4.78. The van der Waals surface area contributed by atoms with Crippen molar-refractivity contribution >= 4 is 16.0 Å². The number of carbonyl (C=O) groups is 1. The summed E-state index contributed by atoms with van der Waals surface area (Å²) in [5.74, 6) is -1.16. The van der Waals surface area contributed by atoms with Crippen molar-refractivity contribution in [1.29, 1.82) is 0 Å². The second-order valence-electron chi connectivity index (χ2n) is 3.14. The van der Waals surface area contributed by atoms with E-state index in [-0.39, 0.29) is 31.7 Å². The van der Waals surface area contributed by atoms with Crippen LogP contribution in [-0.4, -0.2) is 43.5 Å². The third kappa shape index (κ3) is 9.64. The van der Waals surface area contributed by atoms with Gasteiger partial charge in [0.1, 0.15) is 0 Å². The van der Waals surface area contributed by atoms with Gasteiger partial charge in [0.25, 0.3) is 0 Å². The van der Waals surface area contributed by atoms with Gasteiger partial charge < -0.3 is 10.2 Å². The lowest BCUT2D eigenvalue weighted by Gasteiger charge is -2.04. The third-order valence-electron chi connectivity index (χ3n) is 1.71. The molecule has 0 atom stereocenters. The van der Waals surface area contributed by atoms with Crippen LogP contribution >= 0.6 is 0 Å². The van der Waals surface area contributed by atoms with E-state index in [1.165, 1.54) is 0 Å². The minimum Gasteiger partial charge on any atom is -0.481 e. The Labute approximate surface area is 89.4 Å². The van der Waals surface area contributed by atoms with Gasteiger partial charge in [-0.05, 0) is 19.3 Å². The Hall–Kier alpha value is -0.660. The molecule has 0 aromatic heterocycles. The molecule has 0 rings (SSSR count). The molecule has 0 bridgehead atoms. The molecule has 0 unspecified atom stereocenters. The van der Waals surface area contributed by atoms with E-state index in [0.29, 0.717) is 12.8 Å². The summed E-state index contributed by atoms with van der Waals surface area (Å²) >= 11 is 0. The fourth-order valence-electron chi connectivity index (χ4n) is 0.950. The summed E-state index contributed by atoms with van der Waals surface area (Å²) in [6.45, 7) is 0.330. The summed E-state index contributed by atoms with van der Waals surface area (Å²) in [7, 11) is -3.35. The highest BCUT2D eigenvalue weighted by molar-refractivity contribution is 7.89. The highest BCUT2D eigenvalue weighted by atomic mass is 32.2. The van der Waals surface area contributed by atoms with Gasteiger partial charge in [0.2, 0.25) is 10.0 Å². The molecule has 0 spiro atoms. The van der Waals surface area contributed by atoms with Crippen molar-refractivity contribution in [3.8, 4) is 0 Å². The Balaban J connectivity index is 3.63. The summed E-state index contributed by atoms with van der Waals surface area (Å²) in [6.07, 6.45) is 1.11. The van der Waals surface area contributed by atoms with Crippen molar-refractivity contribution in [2.24, 2.45) is 0 Å². The molecule has 7 heteroatoms. The van der Waals surface area contributed by atoms with Crippen LogP contribution in [0.15, 0.2) is 0 Å². The van der Waals surface area contributed by atoms with Crippen molar-refractivity contribution in [2.75, 3.05) is 18.9 Å². The number of aliphatic hydroxyl groups excluding tert-OH is 1. The highest BCUT2D eigenvalue weighted by Crippen LogP contribution is 1.95. The third-order valence-corrected chi connectivity index (χ3v) is 3.18. The Bertz CT molecular complexity index is 275. The Kier molecular flexibility index (Phi) is 7.27. The number of aliphatic hydroxyl groups is 1. The topological polar surface area (TPSA) is 104 Å². The van der Waals surface area contributed by atoms with Crippen LogP contribution in [0.3, 0.4) is 0 Å². The van der Waals surface area contributed by atoms with Crippen LogP contribution in [0.5, 0.6) is 0 Å². The van der Waals surface area contributed by atoms with Crippen LogP contribution < -0.4 is 4.72 Å². The maximum atomic E-state index is 11.2. The van der Waals surface area contributed by atoms with Crippen molar-refractivity contribution in [3.63, 3.8) is 0 Å². The number of carboxylic acids is 1. The van der Waals surface area contributed by atoms with Crippen LogP contribution in [-0.2, 0) is 14.8 Å². The standard InChI is InChI=1S/C8H17NO5S/c10-6-2-1-5-9-15(13,14)7-3-4-8(11)12/h9-10H,1-7H2,(H,11,12). The van der Waals surface area contributed by atoms with Crippen LogP contribution in [0.25, 0.3) is 0 Å². The summed E-state index contributed by atoms with van der Waals surface area (Å²) in [6, 6.07) is 0. The molecule has 6 nitrogen and oxygen atoms in total. The molecule has 0 aliphatic carbocycles. The first-order chi connectivity index (χ1) is 6.98. The molecule has 0 amide bonds. The van der Waals surface area contributed by atoms with Gasteiger partial charge in [0.15, 0.2) is 0 Å². The average Bonchev–Trinajstić information content (AvgIpc) is 2.11. The second kappa shape index (κ2) is 7.61. The van der Waals surface area contributed by atoms with E-state index in [4.69, 9.17) is 10.2 Å². The first-order valence-corrected chi connectivity index (χ1v) is 6.43. The van der Waals surface area contributed by atoms with Gasteiger partial charge in [-0.3, -0.25) is 4.79 Å². The normalized spacial score (nSPS) is 11.5. The molecule has 0 aromatic carbocycles. The van der Waals surface area contributed by atoms with Gasteiger partial charge in [-0.2, -0.15) is 0 Å². The molecule has 0 fully saturated rings. The fraction of sp³-hybridized carbons (Fsp3) is 0.875. The number of sulfonamides is 1. The maximum Gasteiger partial charge on any atom is 0.303 e. The van der Waals surface area contributed by atoms with Crippen molar-refractivity contribution in [1.82, 2.24) is 4.72 Å². The van der Waals surface area contributed by atoms with Crippen LogP contribution in [0.2, 0.25) is 0 Å². The number of nitrogens with one attached hydrogen (secondary N) is 1. The van der Waals surface area contributed by atoms with E-state index in [0.717, 1.165) is 0 Å². The zero-order valence-electron chi connectivity index (χ0n) is 8.48. The van der Waals surface area contributed by atoms with Gasteiger partial charge in [-0.15, -0.1) is 0 Å². The average molecular weight is 239 g/mol. The molecule has 0 heterocycles. The number of aliphatic carboxylic acids is 1. The van der Waals surface area contributed by atoms with E-state index >= 15 is 0 Å². The van der Waals surface area contributed by atoms with Crippen molar-refractivity contribution < 1.29 is 23.4 Å². The first kappa shape index (κ1) is 14.3. The Morgan fingerprint density at radius 2 is 1.87 bits per heavy atom. The molecule has 0 aliphatic heterocycles. The SMILES string of the molecule is O=C(O)CCCS(=O)(=O)NCCCCO. The van der Waals surface area contributed by atoms with Gasteiger partial charge in [0, 0.05) is 19.6 Å². The Morgan fingerprint density at radius 3 is 2.40 bits per heavy atom. The van der Waals surface area contributed by atoms with Crippen molar-refractivity contribution in [3.05, 3.63) is 0 Å². The van der Waals surface area contributed by atoms with Gasteiger partial charge in [-0.25, -0.2) is 13.1 Å². The molecule has 3 N–H and O–H groups in total. The number of hydrogen-bond donors (Lipinski definition) is 3. The molecular formula is C8H17NO5S.